The SMILES string of the molecule is CCCC(C)C(NC)C(C)CCC. The maximum Gasteiger partial charge on any atom is 0.0115 e. The van der Waals surface area contributed by atoms with Crippen molar-refractivity contribution in [1.82, 2.24) is 5.32 Å². The van der Waals surface area contributed by atoms with E-state index in [2.05, 4.69) is 40.1 Å². The molecular formula is C12H27N. The fraction of sp³-hybridized carbons (Fsp3) is 1.00. The molecule has 2 atom stereocenters. The van der Waals surface area contributed by atoms with Gasteiger partial charge in [-0.15, -0.1) is 0 Å². The predicted octanol–water partition coefficient (Wildman–Crippen LogP) is 3.45. The Kier molecular flexibility index (Phi) is 7.35. The summed E-state index contributed by atoms with van der Waals surface area (Å²) >= 11 is 0. The van der Waals surface area contributed by atoms with Gasteiger partial charge >= 0.3 is 0 Å². The molecule has 0 saturated heterocycles. The van der Waals surface area contributed by atoms with E-state index in [1.807, 2.05) is 0 Å². The smallest absolute Gasteiger partial charge is 0.0115 e. The standard InChI is InChI=1S/C12H27N/c1-6-8-10(3)12(13-5)11(4)9-7-2/h10-13H,6-9H2,1-5H3. The molecule has 0 aliphatic rings. The zero-order chi connectivity index (χ0) is 10.3. The molecule has 1 N–H and O–H groups in total. The molecule has 0 saturated carbocycles. The van der Waals surface area contributed by atoms with Crippen molar-refractivity contribution in [3.63, 3.8) is 0 Å². The molecule has 0 aromatic carbocycles. The van der Waals surface area contributed by atoms with Crippen molar-refractivity contribution < 1.29 is 0 Å². The van der Waals surface area contributed by atoms with Crippen molar-refractivity contribution in [2.24, 2.45) is 11.8 Å². The Labute approximate surface area is 84.3 Å². The average Bonchev–Trinajstić information content (AvgIpc) is 2.06. The van der Waals surface area contributed by atoms with E-state index in [1.54, 1.807) is 0 Å². The van der Waals surface area contributed by atoms with E-state index in [-0.39, 0.29) is 0 Å². The van der Waals surface area contributed by atoms with Crippen LogP contribution in [0.3, 0.4) is 0 Å². The first-order valence-corrected chi connectivity index (χ1v) is 5.84. The fourth-order valence-corrected chi connectivity index (χ4v) is 2.40. The van der Waals surface area contributed by atoms with Gasteiger partial charge in [0.1, 0.15) is 0 Å². The van der Waals surface area contributed by atoms with Crippen molar-refractivity contribution in [3.8, 4) is 0 Å². The molecule has 0 aromatic heterocycles. The van der Waals surface area contributed by atoms with Gasteiger partial charge in [0.2, 0.25) is 0 Å². The summed E-state index contributed by atoms with van der Waals surface area (Å²) in [5.74, 6) is 1.63. The van der Waals surface area contributed by atoms with Crippen LogP contribution in [-0.2, 0) is 0 Å². The minimum atomic E-state index is 0.708. The summed E-state index contributed by atoms with van der Waals surface area (Å²) in [4.78, 5) is 0. The maximum absolute atomic E-state index is 3.47. The second kappa shape index (κ2) is 7.37. The molecule has 0 radical (unpaired) electrons. The van der Waals surface area contributed by atoms with Crippen LogP contribution in [-0.4, -0.2) is 13.1 Å². The van der Waals surface area contributed by atoms with E-state index in [0.29, 0.717) is 6.04 Å². The molecule has 1 nitrogen and oxygen atoms in total. The van der Waals surface area contributed by atoms with Crippen molar-refractivity contribution in [2.75, 3.05) is 7.05 Å². The lowest BCUT2D eigenvalue weighted by molar-refractivity contribution is 0.272. The van der Waals surface area contributed by atoms with Crippen LogP contribution in [0.25, 0.3) is 0 Å². The minimum absolute atomic E-state index is 0.708. The molecule has 0 amide bonds. The summed E-state index contributed by atoms with van der Waals surface area (Å²) < 4.78 is 0. The summed E-state index contributed by atoms with van der Waals surface area (Å²) in [6, 6.07) is 0.708. The van der Waals surface area contributed by atoms with Crippen LogP contribution >= 0.6 is 0 Å². The van der Waals surface area contributed by atoms with E-state index in [1.165, 1.54) is 25.7 Å². The van der Waals surface area contributed by atoms with Gasteiger partial charge in [0.05, 0.1) is 0 Å². The Morgan fingerprint density at radius 3 is 1.54 bits per heavy atom. The topological polar surface area (TPSA) is 12.0 Å². The van der Waals surface area contributed by atoms with Crippen molar-refractivity contribution in [3.05, 3.63) is 0 Å². The summed E-state index contributed by atoms with van der Waals surface area (Å²) in [5, 5.41) is 3.47. The first-order valence-electron chi connectivity index (χ1n) is 5.84. The number of rotatable bonds is 7. The molecule has 80 valence electrons. The molecule has 2 unspecified atom stereocenters. The summed E-state index contributed by atoms with van der Waals surface area (Å²) in [5.41, 5.74) is 0. The second-order valence-corrected chi connectivity index (χ2v) is 4.35. The van der Waals surface area contributed by atoms with Crippen LogP contribution < -0.4 is 5.32 Å². The number of nitrogens with one attached hydrogen (secondary N) is 1. The van der Waals surface area contributed by atoms with E-state index in [9.17, 15) is 0 Å². The lowest BCUT2D eigenvalue weighted by atomic mass is 9.85. The van der Waals surface area contributed by atoms with Gasteiger partial charge in [-0.1, -0.05) is 40.5 Å². The van der Waals surface area contributed by atoms with Crippen molar-refractivity contribution in [2.45, 2.75) is 59.4 Å². The van der Waals surface area contributed by atoms with E-state index in [4.69, 9.17) is 0 Å². The Balaban J connectivity index is 3.98. The lowest BCUT2D eigenvalue weighted by Gasteiger charge is -2.29. The van der Waals surface area contributed by atoms with Crippen LogP contribution in [0, 0.1) is 11.8 Å². The zero-order valence-electron chi connectivity index (χ0n) is 10.1. The van der Waals surface area contributed by atoms with Gasteiger partial charge in [-0.3, -0.25) is 0 Å². The molecule has 1 heteroatoms. The molecule has 0 rings (SSSR count). The molecule has 0 aromatic rings. The van der Waals surface area contributed by atoms with Crippen LogP contribution in [0.1, 0.15) is 53.4 Å². The predicted molar refractivity (Wildman–Crippen MR) is 61.0 cm³/mol. The van der Waals surface area contributed by atoms with Gasteiger partial charge in [-0.05, 0) is 31.7 Å². The second-order valence-electron chi connectivity index (χ2n) is 4.35. The van der Waals surface area contributed by atoms with Crippen LogP contribution in [0.15, 0.2) is 0 Å². The van der Waals surface area contributed by atoms with Crippen molar-refractivity contribution in [1.29, 1.82) is 0 Å². The first kappa shape index (κ1) is 13.0. The Morgan fingerprint density at radius 2 is 1.31 bits per heavy atom. The highest BCUT2D eigenvalue weighted by Crippen LogP contribution is 2.20. The number of hydrogen-bond donors (Lipinski definition) is 1. The number of hydrogen-bond acceptors (Lipinski definition) is 1. The Morgan fingerprint density at radius 1 is 0.923 bits per heavy atom. The minimum Gasteiger partial charge on any atom is -0.316 e. The molecule has 0 heterocycles. The largest absolute Gasteiger partial charge is 0.316 e. The van der Waals surface area contributed by atoms with Gasteiger partial charge in [0.15, 0.2) is 0 Å². The van der Waals surface area contributed by atoms with Gasteiger partial charge in [0, 0.05) is 6.04 Å². The molecule has 0 bridgehead atoms. The normalized spacial score (nSPS) is 18.2. The zero-order valence-corrected chi connectivity index (χ0v) is 10.1. The van der Waals surface area contributed by atoms with Crippen LogP contribution in [0.5, 0.6) is 0 Å². The Bertz CT molecular complexity index is 99.7. The lowest BCUT2D eigenvalue weighted by Crippen LogP contribution is -2.37. The summed E-state index contributed by atoms with van der Waals surface area (Å²) in [6.07, 6.45) is 5.30. The van der Waals surface area contributed by atoms with Crippen molar-refractivity contribution >= 4 is 0 Å². The molecule has 13 heavy (non-hydrogen) atoms. The van der Waals surface area contributed by atoms with Crippen LogP contribution in [0.4, 0.5) is 0 Å². The third kappa shape index (κ3) is 4.66. The molecule has 0 spiro atoms. The highest BCUT2D eigenvalue weighted by Gasteiger charge is 2.20. The van der Waals surface area contributed by atoms with Crippen LogP contribution in [0.2, 0.25) is 0 Å². The fourth-order valence-electron chi connectivity index (χ4n) is 2.40. The van der Waals surface area contributed by atoms with Gasteiger partial charge < -0.3 is 5.32 Å². The highest BCUT2D eigenvalue weighted by molar-refractivity contribution is 4.76. The molecule has 0 fully saturated rings. The van der Waals surface area contributed by atoms with E-state index < -0.39 is 0 Å². The summed E-state index contributed by atoms with van der Waals surface area (Å²) in [6.45, 7) is 9.29. The molecule has 0 aliphatic heterocycles. The molecular weight excluding hydrogens is 158 g/mol. The average molecular weight is 185 g/mol. The Hall–Kier alpha value is -0.0400. The summed E-state index contributed by atoms with van der Waals surface area (Å²) in [7, 11) is 2.10. The van der Waals surface area contributed by atoms with E-state index >= 15 is 0 Å². The highest BCUT2D eigenvalue weighted by atomic mass is 14.9. The third-order valence-corrected chi connectivity index (χ3v) is 3.05. The monoisotopic (exact) mass is 185 g/mol. The van der Waals surface area contributed by atoms with E-state index in [0.717, 1.165) is 11.8 Å². The van der Waals surface area contributed by atoms with Gasteiger partial charge in [-0.25, -0.2) is 0 Å². The maximum atomic E-state index is 3.47. The molecule has 0 aliphatic carbocycles. The quantitative estimate of drug-likeness (QED) is 0.640. The third-order valence-electron chi connectivity index (χ3n) is 3.05. The van der Waals surface area contributed by atoms with Gasteiger partial charge in [0.25, 0.3) is 0 Å². The first-order chi connectivity index (χ1) is 6.17. The van der Waals surface area contributed by atoms with Gasteiger partial charge in [-0.2, -0.15) is 0 Å².